The number of phenols is 1. The van der Waals surface area contributed by atoms with Crippen molar-refractivity contribution >= 4 is 39.8 Å². The predicted molar refractivity (Wildman–Crippen MR) is 245 cm³/mol. The van der Waals surface area contributed by atoms with E-state index in [4.69, 9.17) is 11.5 Å². The lowest BCUT2D eigenvalue weighted by molar-refractivity contribution is -0.128. The van der Waals surface area contributed by atoms with Gasteiger partial charge in [-0.15, -0.1) is 11.3 Å². The molecule has 0 atom stereocenters. The van der Waals surface area contributed by atoms with E-state index in [-0.39, 0.29) is 23.9 Å². The van der Waals surface area contributed by atoms with Crippen molar-refractivity contribution in [3.8, 4) is 27.4 Å². The van der Waals surface area contributed by atoms with E-state index in [1.165, 1.54) is 62.7 Å². The number of nitrogens with one attached hydrogen (secondary N) is 1. The van der Waals surface area contributed by atoms with E-state index in [1.807, 2.05) is 48.5 Å². The van der Waals surface area contributed by atoms with Gasteiger partial charge in [-0.25, -0.2) is 5.48 Å². The second-order valence-electron chi connectivity index (χ2n) is 15.9. The summed E-state index contributed by atoms with van der Waals surface area (Å²) in [4.78, 5) is 43.5. The van der Waals surface area contributed by atoms with E-state index >= 15 is 0 Å². The van der Waals surface area contributed by atoms with Crippen molar-refractivity contribution < 1.29 is 24.7 Å². The molecule has 0 aliphatic rings. The molecule has 2 aromatic heterocycles. The van der Waals surface area contributed by atoms with Crippen LogP contribution in [0.5, 0.6) is 5.75 Å². The molecule has 3 aromatic carbocycles. The van der Waals surface area contributed by atoms with Crippen LogP contribution in [-0.2, 0) is 17.8 Å². The molecule has 5 aromatic rings. The van der Waals surface area contributed by atoms with Crippen molar-refractivity contribution in [1.82, 2.24) is 14.9 Å². The van der Waals surface area contributed by atoms with Gasteiger partial charge in [0.15, 0.2) is 0 Å². The van der Waals surface area contributed by atoms with Crippen LogP contribution >= 0.6 is 11.3 Å². The summed E-state index contributed by atoms with van der Waals surface area (Å²) in [5, 5.41) is 20.4. The van der Waals surface area contributed by atoms with Crippen LogP contribution in [0.15, 0.2) is 78.9 Å². The molecule has 0 spiro atoms. The smallest absolute Gasteiger partial charge is 0.253 e. The number of aryl methyl sites for hydroxylation is 1. The Labute approximate surface area is 359 Å². The number of amides is 2. The Balaban J connectivity index is 1.38. The molecule has 0 aliphatic carbocycles. The number of hydroxylamine groups is 1. The third-order valence-electron chi connectivity index (χ3n) is 11.2. The molecule has 0 unspecified atom stereocenters. The maximum absolute atomic E-state index is 14.1. The zero-order valence-corrected chi connectivity index (χ0v) is 36.2. The van der Waals surface area contributed by atoms with Gasteiger partial charge in [0.05, 0.1) is 11.3 Å². The van der Waals surface area contributed by atoms with Crippen molar-refractivity contribution in [3.05, 3.63) is 100 Å². The number of ketones is 1. The highest BCUT2D eigenvalue weighted by Gasteiger charge is 2.22. The van der Waals surface area contributed by atoms with E-state index in [0.29, 0.717) is 45.1 Å². The van der Waals surface area contributed by atoms with Crippen LogP contribution in [0, 0.1) is 0 Å². The number of carbonyl (C=O) groups is 3. The number of nitrogens with zero attached hydrogens (tertiary/aromatic N) is 2. The van der Waals surface area contributed by atoms with E-state index < -0.39 is 5.91 Å². The highest BCUT2D eigenvalue weighted by atomic mass is 32.1. The Kier molecular flexibility index (Phi) is 18.8. The van der Waals surface area contributed by atoms with Crippen molar-refractivity contribution in [2.24, 2.45) is 11.5 Å². The van der Waals surface area contributed by atoms with Gasteiger partial charge < -0.3 is 26.0 Å². The number of carbonyl (C=O) groups excluding carboxylic acids is 3. The maximum atomic E-state index is 14.1. The van der Waals surface area contributed by atoms with Gasteiger partial charge in [0, 0.05) is 52.2 Å². The molecular weight excluding hydrogens is 771 g/mol. The largest absolute Gasteiger partial charge is 0.508 e. The molecule has 0 bridgehead atoms. The second kappa shape index (κ2) is 24.4. The average molecular weight is 836 g/mol. The number of fused-ring (bicyclic) bond motifs is 1. The molecule has 0 saturated heterocycles. The molecule has 0 aliphatic heterocycles. The molecule has 0 radical (unpaired) electrons. The number of hydrogen-bond donors (Lipinski definition) is 5. The Morgan fingerprint density at radius 1 is 0.700 bits per heavy atom. The second-order valence-corrected chi connectivity index (χ2v) is 17.0. The normalized spacial score (nSPS) is 11.3. The van der Waals surface area contributed by atoms with Gasteiger partial charge in [-0.3, -0.25) is 19.6 Å². The van der Waals surface area contributed by atoms with Crippen molar-refractivity contribution in [3.63, 3.8) is 0 Å². The van der Waals surface area contributed by atoms with Gasteiger partial charge in [-0.1, -0.05) is 108 Å². The number of phenolic OH excluding ortho intramolecular Hbond substituents is 1. The minimum atomic E-state index is -0.601. The number of benzene rings is 3. The van der Waals surface area contributed by atoms with Gasteiger partial charge >= 0.3 is 0 Å². The number of aromatic nitrogens is 1. The number of thiophene rings is 1. The molecule has 7 N–H and O–H groups in total. The van der Waals surface area contributed by atoms with Crippen LogP contribution in [0.2, 0.25) is 0 Å². The van der Waals surface area contributed by atoms with E-state index in [1.54, 1.807) is 29.7 Å². The zero-order valence-electron chi connectivity index (χ0n) is 35.4. The number of hydrogen-bond acceptors (Lipinski definition) is 8. The summed E-state index contributed by atoms with van der Waals surface area (Å²) >= 11 is 1.25. The lowest BCUT2D eigenvalue weighted by Crippen LogP contribution is -2.33. The van der Waals surface area contributed by atoms with Gasteiger partial charge in [-0.2, -0.15) is 0 Å². The van der Waals surface area contributed by atoms with Gasteiger partial charge in [0.25, 0.3) is 5.91 Å². The van der Waals surface area contributed by atoms with Gasteiger partial charge in [0.1, 0.15) is 5.75 Å². The SMILES string of the molecule is CCCCCCCCCN(CCCCCCCCN)C(=O)c1ccc(-c2cc3ccc(C(=O)c4cc(CC(=O)NO)c(-c5cccc(O)c5)s4)cc3n2CCCCN)cc1. The lowest BCUT2D eigenvalue weighted by atomic mass is 10.0. The molecular formula is C49H65N5O5S. The van der Waals surface area contributed by atoms with Crippen molar-refractivity contribution in [1.29, 1.82) is 0 Å². The summed E-state index contributed by atoms with van der Waals surface area (Å²) in [5.41, 5.74) is 18.6. The molecule has 60 heavy (non-hydrogen) atoms. The van der Waals surface area contributed by atoms with E-state index in [2.05, 4.69) is 22.5 Å². The lowest BCUT2D eigenvalue weighted by Gasteiger charge is -2.23. The summed E-state index contributed by atoms with van der Waals surface area (Å²) in [6.07, 6.45) is 16.8. The fraction of sp³-hybridized carbons (Fsp3) is 0.449. The highest BCUT2D eigenvalue weighted by molar-refractivity contribution is 7.17. The molecule has 0 saturated carbocycles. The number of aromatic hydroxyl groups is 1. The molecule has 322 valence electrons. The molecule has 2 amide bonds. The third kappa shape index (κ3) is 13.1. The van der Waals surface area contributed by atoms with Crippen LogP contribution in [0.25, 0.3) is 32.6 Å². The summed E-state index contributed by atoms with van der Waals surface area (Å²) < 4.78 is 2.24. The quantitative estimate of drug-likeness (QED) is 0.0152. The minimum absolute atomic E-state index is 0.0702. The van der Waals surface area contributed by atoms with Crippen LogP contribution in [0.3, 0.4) is 0 Å². The van der Waals surface area contributed by atoms with Crippen LogP contribution in [0.4, 0.5) is 0 Å². The molecule has 11 heteroatoms. The third-order valence-corrected chi connectivity index (χ3v) is 12.5. The van der Waals surface area contributed by atoms with Crippen LogP contribution < -0.4 is 16.9 Å². The van der Waals surface area contributed by atoms with Crippen LogP contribution in [0.1, 0.15) is 134 Å². The molecule has 2 heterocycles. The Bertz CT molecular complexity index is 2110. The van der Waals surface area contributed by atoms with E-state index in [9.17, 15) is 24.7 Å². The fourth-order valence-electron chi connectivity index (χ4n) is 7.90. The monoisotopic (exact) mass is 835 g/mol. The van der Waals surface area contributed by atoms with Crippen molar-refractivity contribution in [2.75, 3.05) is 26.2 Å². The fourth-order valence-corrected chi connectivity index (χ4v) is 9.04. The first-order chi connectivity index (χ1) is 29.3. The first-order valence-corrected chi connectivity index (χ1v) is 22.9. The van der Waals surface area contributed by atoms with Crippen LogP contribution in [-0.4, -0.2) is 63.6 Å². The van der Waals surface area contributed by atoms with E-state index in [0.717, 1.165) is 86.7 Å². The zero-order chi connectivity index (χ0) is 42.7. The topological polar surface area (TPSA) is 164 Å². The number of unbranched alkanes of at least 4 members (excludes halogenated alkanes) is 12. The molecule has 10 nitrogen and oxygen atoms in total. The van der Waals surface area contributed by atoms with Crippen molar-refractivity contribution in [2.45, 2.75) is 116 Å². The minimum Gasteiger partial charge on any atom is -0.508 e. The van der Waals surface area contributed by atoms with Gasteiger partial charge in [-0.05, 0) is 104 Å². The standard InChI is InChI=1S/C49H65N5O5S/c1-2-3-4-5-7-10-14-28-53(29-15-11-8-6-9-12-26-50)49(58)37-22-20-36(21-23-37)43-32-38-24-25-39(33-44(38)54(43)30-16-13-27-51)47(57)45-34-41(35-46(56)52-59)48(60-45)40-18-17-19-42(55)31-40/h17-25,31-34,55,59H,2-16,26-30,35,50-51H2,1H3,(H,52,56). The highest BCUT2D eigenvalue weighted by Crippen LogP contribution is 2.37. The average Bonchev–Trinajstić information content (AvgIpc) is 3.85. The number of nitrogens with two attached hydrogens (primary N) is 2. The first-order valence-electron chi connectivity index (χ1n) is 22.1. The maximum Gasteiger partial charge on any atom is 0.253 e. The Morgan fingerprint density at radius 3 is 1.98 bits per heavy atom. The summed E-state index contributed by atoms with van der Waals surface area (Å²) in [6, 6.07) is 24.2. The summed E-state index contributed by atoms with van der Waals surface area (Å²) in [5.74, 6) is -0.634. The Hall–Kier alpha value is -4.81. The molecule has 5 rings (SSSR count). The summed E-state index contributed by atoms with van der Waals surface area (Å²) in [7, 11) is 0. The van der Waals surface area contributed by atoms with Gasteiger partial charge in [0.2, 0.25) is 11.7 Å². The summed E-state index contributed by atoms with van der Waals surface area (Å²) in [6.45, 7) is 5.81. The molecule has 0 fully saturated rings. The Morgan fingerprint density at radius 2 is 1.33 bits per heavy atom. The number of rotatable bonds is 27. The predicted octanol–water partition coefficient (Wildman–Crippen LogP) is 10.3. The first kappa shape index (κ1) is 46.3.